The van der Waals surface area contributed by atoms with Crippen molar-refractivity contribution in [2.24, 2.45) is 11.7 Å². The summed E-state index contributed by atoms with van der Waals surface area (Å²) in [6.07, 6.45) is -0.149. The normalized spacial score (nSPS) is 12.8. The zero-order chi connectivity index (χ0) is 21.9. The second-order valence-corrected chi connectivity index (χ2v) is 6.95. The number of Topliss-reactive ketones (excluding diaryl/α,β-unsaturated/α-hetero) is 1. The fourth-order valence-corrected chi connectivity index (χ4v) is 2.24. The molecule has 3 amide bonds. The van der Waals surface area contributed by atoms with Crippen molar-refractivity contribution in [2.75, 3.05) is 19.6 Å². The molecule has 0 aromatic heterocycles. The minimum absolute atomic E-state index is 0.0441. The Labute approximate surface area is 165 Å². The number of hydrogen-bond acceptors (Lipinski definition) is 6. The monoisotopic (exact) mass is 400 g/mol. The third-order valence-corrected chi connectivity index (χ3v) is 4.09. The lowest BCUT2D eigenvalue weighted by atomic mass is 10.1. The molecule has 0 radical (unpaired) electrons. The van der Waals surface area contributed by atoms with E-state index in [4.69, 9.17) is 10.8 Å². The van der Waals surface area contributed by atoms with Crippen LogP contribution in [0.4, 0.5) is 0 Å². The number of carboxylic acid groups (broad SMARTS) is 1. The maximum Gasteiger partial charge on any atom is 0.303 e. The lowest BCUT2D eigenvalue weighted by Gasteiger charge is -2.23. The van der Waals surface area contributed by atoms with Gasteiger partial charge in [-0.15, -0.1) is 0 Å². The minimum Gasteiger partial charge on any atom is -0.481 e. The highest BCUT2D eigenvalue weighted by Crippen LogP contribution is 2.02. The number of nitrogens with two attached hydrogens (primary N) is 1. The Kier molecular flexibility index (Phi) is 11.7. The van der Waals surface area contributed by atoms with Gasteiger partial charge in [-0.3, -0.25) is 24.0 Å². The number of nitrogens with zero attached hydrogens (tertiary/aromatic N) is 1. The number of carboxylic acids is 1. The van der Waals surface area contributed by atoms with Gasteiger partial charge in [0, 0.05) is 45.3 Å². The van der Waals surface area contributed by atoms with E-state index in [1.165, 1.54) is 18.7 Å². The first-order valence-corrected chi connectivity index (χ1v) is 9.29. The molecule has 0 aliphatic rings. The van der Waals surface area contributed by atoms with Crippen LogP contribution in [0.5, 0.6) is 0 Å². The zero-order valence-electron chi connectivity index (χ0n) is 17.0. The fourth-order valence-electron chi connectivity index (χ4n) is 2.24. The first-order valence-electron chi connectivity index (χ1n) is 9.29. The van der Waals surface area contributed by atoms with Crippen LogP contribution in [0.2, 0.25) is 0 Å². The molecule has 0 aromatic carbocycles. The smallest absolute Gasteiger partial charge is 0.303 e. The second kappa shape index (κ2) is 12.8. The molecule has 0 spiro atoms. The van der Waals surface area contributed by atoms with Gasteiger partial charge in [0.05, 0.1) is 6.04 Å². The predicted octanol–water partition coefficient (Wildman–Crippen LogP) is -0.737. The van der Waals surface area contributed by atoms with E-state index < -0.39 is 29.9 Å². The van der Waals surface area contributed by atoms with Gasteiger partial charge in [-0.1, -0.05) is 13.8 Å². The number of aliphatic carboxylic acids is 1. The van der Waals surface area contributed by atoms with Crippen LogP contribution in [-0.4, -0.2) is 71.2 Å². The molecule has 0 aliphatic carbocycles. The number of carbonyl (C=O) groups excluding carboxylic acids is 4. The predicted molar refractivity (Wildman–Crippen MR) is 102 cm³/mol. The van der Waals surface area contributed by atoms with Crippen LogP contribution in [-0.2, 0) is 24.0 Å². The fraction of sp³-hybridized carbons (Fsp3) is 0.722. The van der Waals surface area contributed by atoms with Crippen LogP contribution in [0.1, 0.15) is 47.0 Å². The third-order valence-electron chi connectivity index (χ3n) is 4.09. The maximum atomic E-state index is 12.3. The van der Waals surface area contributed by atoms with Crippen molar-refractivity contribution in [1.29, 1.82) is 0 Å². The molecular formula is C18H32N4O6. The molecule has 0 aliphatic heterocycles. The molecule has 10 nitrogen and oxygen atoms in total. The van der Waals surface area contributed by atoms with E-state index in [0.717, 1.165) is 0 Å². The lowest BCUT2D eigenvalue weighted by molar-refractivity contribution is -0.138. The van der Waals surface area contributed by atoms with Crippen molar-refractivity contribution in [3.63, 3.8) is 0 Å². The molecule has 160 valence electrons. The summed E-state index contributed by atoms with van der Waals surface area (Å²) in [7, 11) is 0. The Hall–Kier alpha value is -2.49. The lowest BCUT2D eigenvalue weighted by Crippen LogP contribution is -2.52. The third kappa shape index (κ3) is 10.6. The van der Waals surface area contributed by atoms with E-state index in [2.05, 4.69) is 10.6 Å². The zero-order valence-corrected chi connectivity index (χ0v) is 17.0. The number of hydrogen-bond donors (Lipinski definition) is 4. The van der Waals surface area contributed by atoms with Crippen molar-refractivity contribution in [1.82, 2.24) is 15.5 Å². The maximum absolute atomic E-state index is 12.3. The molecule has 0 rings (SSSR count). The van der Waals surface area contributed by atoms with Crippen molar-refractivity contribution >= 4 is 29.5 Å². The van der Waals surface area contributed by atoms with Crippen LogP contribution in [0.25, 0.3) is 0 Å². The first kappa shape index (κ1) is 25.5. The van der Waals surface area contributed by atoms with E-state index >= 15 is 0 Å². The Morgan fingerprint density at radius 2 is 1.61 bits per heavy atom. The summed E-state index contributed by atoms with van der Waals surface area (Å²) < 4.78 is 0. The SMILES string of the molecule is CC(=O)N(CCNC(=O)[C@H](CCC(=O)O)NC(=O)[C@H](C)N)CCC(=O)C(C)C. The average molecular weight is 400 g/mol. The van der Waals surface area contributed by atoms with Crippen molar-refractivity contribution in [3.05, 3.63) is 0 Å². The molecule has 0 saturated heterocycles. The molecule has 0 saturated carbocycles. The van der Waals surface area contributed by atoms with E-state index in [-0.39, 0.29) is 56.5 Å². The van der Waals surface area contributed by atoms with Crippen molar-refractivity contribution < 1.29 is 29.1 Å². The summed E-state index contributed by atoms with van der Waals surface area (Å²) in [4.78, 5) is 59.7. The Bertz CT molecular complexity index is 576. The van der Waals surface area contributed by atoms with Gasteiger partial charge in [0.25, 0.3) is 0 Å². The van der Waals surface area contributed by atoms with Crippen molar-refractivity contribution in [3.8, 4) is 0 Å². The van der Waals surface area contributed by atoms with Gasteiger partial charge < -0.3 is 26.4 Å². The van der Waals surface area contributed by atoms with Crippen LogP contribution in [0.3, 0.4) is 0 Å². The van der Waals surface area contributed by atoms with E-state index in [0.29, 0.717) is 0 Å². The topological polar surface area (TPSA) is 159 Å². The van der Waals surface area contributed by atoms with Gasteiger partial charge in [0.1, 0.15) is 11.8 Å². The largest absolute Gasteiger partial charge is 0.481 e. The number of nitrogens with one attached hydrogen (secondary N) is 2. The molecule has 2 atom stereocenters. The Balaban J connectivity index is 4.69. The molecule has 0 aromatic rings. The van der Waals surface area contributed by atoms with Gasteiger partial charge in [-0.05, 0) is 13.3 Å². The van der Waals surface area contributed by atoms with E-state index in [1.54, 1.807) is 13.8 Å². The average Bonchev–Trinajstić information content (AvgIpc) is 2.59. The quantitative estimate of drug-likeness (QED) is 0.317. The first-order chi connectivity index (χ1) is 13.0. The van der Waals surface area contributed by atoms with Gasteiger partial charge in [0.2, 0.25) is 17.7 Å². The van der Waals surface area contributed by atoms with Crippen molar-refractivity contribution in [2.45, 2.75) is 59.0 Å². The summed E-state index contributed by atoms with van der Waals surface area (Å²) in [5.74, 6) is -2.51. The number of carbonyl (C=O) groups is 5. The highest BCUT2D eigenvalue weighted by Gasteiger charge is 2.23. The summed E-state index contributed by atoms with van der Waals surface area (Å²) in [6.45, 7) is 6.95. The van der Waals surface area contributed by atoms with Crippen LogP contribution in [0, 0.1) is 5.92 Å². The van der Waals surface area contributed by atoms with E-state index in [9.17, 15) is 24.0 Å². The van der Waals surface area contributed by atoms with Gasteiger partial charge >= 0.3 is 5.97 Å². The number of ketones is 1. The molecule has 28 heavy (non-hydrogen) atoms. The van der Waals surface area contributed by atoms with Crippen LogP contribution in [0.15, 0.2) is 0 Å². The molecule has 0 unspecified atom stereocenters. The van der Waals surface area contributed by atoms with Crippen LogP contribution >= 0.6 is 0 Å². The number of amides is 3. The number of rotatable bonds is 13. The van der Waals surface area contributed by atoms with Gasteiger partial charge in [0.15, 0.2) is 0 Å². The molecule has 0 bridgehead atoms. The molecular weight excluding hydrogens is 368 g/mol. The summed E-state index contributed by atoms with van der Waals surface area (Å²) in [5, 5.41) is 13.8. The summed E-state index contributed by atoms with van der Waals surface area (Å²) >= 11 is 0. The molecule has 0 fully saturated rings. The summed E-state index contributed by atoms with van der Waals surface area (Å²) in [6, 6.07) is -1.88. The minimum atomic E-state index is -1.09. The molecule has 5 N–H and O–H groups in total. The second-order valence-electron chi connectivity index (χ2n) is 6.95. The molecule has 10 heteroatoms. The summed E-state index contributed by atoms with van der Waals surface area (Å²) in [5.41, 5.74) is 5.46. The Morgan fingerprint density at radius 1 is 1.00 bits per heavy atom. The van der Waals surface area contributed by atoms with Crippen LogP contribution < -0.4 is 16.4 Å². The van der Waals surface area contributed by atoms with E-state index in [1.807, 2.05) is 0 Å². The highest BCUT2D eigenvalue weighted by molar-refractivity contribution is 5.89. The Morgan fingerprint density at radius 3 is 2.07 bits per heavy atom. The van der Waals surface area contributed by atoms with Gasteiger partial charge in [-0.2, -0.15) is 0 Å². The molecule has 0 heterocycles. The standard InChI is InChI=1S/C18H32N4O6/c1-11(2)15(24)7-9-22(13(4)23)10-8-20-18(28)14(5-6-16(25)26)21-17(27)12(3)19/h11-12,14H,5-10,19H2,1-4H3,(H,20,28)(H,21,27)(H,25,26)/t12-,14-/m0/s1. The highest BCUT2D eigenvalue weighted by atomic mass is 16.4. The van der Waals surface area contributed by atoms with Gasteiger partial charge in [-0.25, -0.2) is 0 Å².